The lowest BCUT2D eigenvalue weighted by molar-refractivity contribution is 0.0658. The van der Waals surface area contributed by atoms with Crippen LogP contribution < -0.4 is 5.73 Å². The molecule has 5 heteroatoms. The number of benzene rings is 1. The van der Waals surface area contributed by atoms with Crippen molar-refractivity contribution in [2.24, 2.45) is 0 Å². The average molecular weight is 303 g/mol. The maximum absolute atomic E-state index is 11.8. The molecule has 2 heterocycles. The van der Waals surface area contributed by atoms with Crippen molar-refractivity contribution in [2.45, 2.75) is 57.3 Å². The quantitative estimate of drug-likeness (QED) is 0.842. The molecule has 2 bridgehead atoms. The van der Waals surface area contributed by atoms with Gasteiger partial charge in [0.05, 0.1) is 0 Å². The number of hydrogen-bond acceptors (Lipinski definition) is 3. The Morgan fingerprint density at radius 1 is 1.36 bits per heavy atom. The highest BCUT2D eigenvalue weighted by molar-refractivity contribution is 5.66. The number of fused-ring (bicyclic) bond motifs is 2. The molecule has 3 atom stereocenters. The molecule has 2 fully saturated rings. The van der Waals surface area contributed by atoms with E-state index in [0.29, 0.717) is 18.6 Å². The van der Waals surface area contributed by atoms with Crippen molar-refractivity contribution in [3.05, 3.63) is 29.3 Å². The molecule has 0 radical (unpaired) electrons. The smallest absolute Gasteiger partial charge is 0.407 e. The summed E-state index contributed by atoms with van der Waals surface area (Å²) in [5.41, 5.74) is 8.68. The van der Waals surface area contributed by atoms with Crippen molar-refractivity contribution in [2.75, 3.05) is 12.8 Å². The number of hydrogen-bond donors (Lipinski definition) is 2. The number of amides is 1. The van der Waals surface area contributed by atoms with Crippen LogP contribution in [0.3, 0.4) is 0 Å². The van der Waals surface area contributed by atoms with Gasteiger partial charge in [-0.25, -0.2) is 4.79 Å². The van der Waals surface area contributed by atoms with Gasteiger partial charge in [-0.15, -0.1) is 0 Å². The molecular formula is C17H25N3O2. The Bertz CT molecular complexity index is 561. The van der Waals surface area contributed by atoms with Gasteiger partial charge in [0.25, 0.3) is 0 Å². The molecule has 1 aromatic carbocycles. The third-order valence-corrected chi connectivity index (χ3v) is 5.59. The van der Waals surface area contributed by atoms with Crippen molar-refractivity contribution in [1.29, 1.82) is 0 Å². The van der Waals surface area contributed by atoms with Crippen LogP contribution >= 0.6 is 0 Å². The zero-order chi connectivity index (χ0) is 15.9. The van der Waals surface area contributed by atoms with Crippen molar-refractivity contribution in [3.8, 4) is 0 Å². The molecule has 0 unspecified atom stereocenters. The standard InChI is InChI=1S/C17H25N3O2/c1-11-12(4-3-5-16(11)18)10-20(17(21)22)15-8-13-6-7-14(9-15)19(13)2/h3-5,13-15H,6-10,18H2,1-2H3,(H,21,22)/t13-,14+,15+. The summed E-state index contributed by atoms with van der Waals surface area (Å²) in [6.07, 6.45) is 3.46. The minimum Gasteiger partial charge on any atom is -0.465 e. The van der Waals surface area contributed by atoms with Crippen LogP contribution in [-0.4, -0.2) is 46.2 Å². The van der Waals surface area contributed by atoms with E-state index in [1.54, 1.807) is 4.90 Å². The van der Waals surface area contributed by atoms with Gasteiger partial charge >= 0.3 is 6.09 Å². The topological polar surface area (TPSA) is 69.8 Å². The van der Waals surface area contributed by atoms with Gasteiger partial charge in [-0.05, 0) is 56.8 Å². The predicted octanol–water partition coefficient (Wildman–Crippen LogP) is 2.68. The summed E-state index contributed by atoms with van der Waals surface area (Å²) in [7, 11) is 2.17. The highest BCUT2D eigenvalue weighted by atomic mass is 16.4. The van der Waals surface area contributed by atoms with Crippen LogP contribution in [0, 0.1) is 6.92 Å². The number of nitrogens with zero attached hydrogens (tertiary/aromatic N) is 2. The molecule has 2 saturated heterocycles. The molecule has 0 saturated carbocycles. The van der Waals surface area contributed by atoms with E-state index >= 15 is 0 Å². The molecule has 3 rings (SSSR count). The van der Waals surface area contributed by atoms with Crippen LogP contribution in [0.5, 0.6) is 0 Å². The van der Waals surface area contributed by atoms with E-state index in [-0.39, 0.29) is 6.04 Å². The molecule has 0 spiro atoms. The van der Waals surface area contributed by atoms with Crippen LogP contribution in [0.25, 0.3) is 0 Å². The van der Waals surface area contributed by atoms with Crippen molar-refractivity contribution < 1.29 is 9.90 Å². The van der Waals surface area contributed by atoms with Gasteiger partial charge in [0, 0.05) is 30.4 Å². The lowest BCUT2D eigenvalue weighted by Crippen LogP contribution is -2.50. The van der Waals surface area contributed by atoms with E-state index in [9.17, 15) is 9.90 Å². The molecule has 2 aliphatic rings. The molecular weight excluding hydrogens is 278 g/mol. The second kappa shape index (κ2) is 5.80. The minimum absolute atomic E-state index is 0.118. The summed E-state index contributed by atoms with van der Waals surface area (Å²) >= 11 is 0. The predicted molar refractivity (Wildman–Crippen MR) is 86.8 cm³/mol. The molecule has 120 valence electrons. The maximum Gasteiger partial charge on any atom is 0.407 e. The Morgan fingerprint density at radius 3 is 2.59 bits per heavy atom. The lowest BCUT2D eigenvalue weighted by atomic mass is 9.95. The summed E-state index contributed by atoms with van der Waals surface area (Å²) in [5.74, 6) is 0. The molecule has 2 aliphatic heterocycles. The number of rotatable bonds is 3. The van der Waals surface area contributed by atoms with E-state index in [1.807, 2.05) is 25.1 Å². The number of carbonyl (C=O) groups is 1. The van der Waals surface area contributed by atoms with Crippen LogP contribution in [0.4, 0.5) is 10.5 Å². The summed E-state index contributed by atoms with van der Waals surface area (Å²) in [6.45, 7) is 2.39. The fourth-order valence-corrected chi connectivity index (χ4v) is 4.05. The molecule has 22 heavy (non-hydrogen) atoms. The Hall–Kier alpha value is -1.75. The van der Waals surface area contributed by atoms with Crippen molar-refractivity contribution in [3.63, 3.8) is 0 Å². The van der Waals surface area contributed by atoms with Crippen molar-refractivity contribution >= 4 is 11.8 Å². The Balaban J connectivity index is 1.79. The van der Waals surface area contributed by atoms with E-state index < -0.39 is 6.09 Å². The fraction of sp³-hybridized carbons (Fsp3) is 0.588. The van der Waals surface area contributed by atoms with Gasteiger partial charge < -0.3 is 20.6 Å². The largest absolute Gasteiger partial charge is 0.465 e. The first-order valence-electron chi connectivity index (χ1n) is 8.03. The van der Waals surface area contributed by atoms with E-state index in [2.05, 4.69) is 11.9 Å². The number of anilines is 1. The van der Waals surface area contributed by atoms with Gasteiger partial charge in [-0.3, -0.25) is 0 Å². The molecule has 1 amide bonds. The second-order valence-electron chi connectivity index (χ2n) is 6.72. The van der Waals surface area contributed by atoms with Crippen LogP contribution in [-0.2, 0) is 6.54 Å². The van der Waals surface area contributed by atoms with Gasteiger partial charge in [0.1, 0.15) is 0 Å². The molecule has 3 N–H and O–H groups in total. The number of nitrogen functional groups attached to an aromatic ring is 1. The first kappa shape index (κ1) is 15.2. The van der Waals surface area contributed by atoms with E-state index in [0.717, 1.165) is 29.7 Å². The number of carboxylic acid groups (broad SMARTS) is 1. The highest BCUT2D eigenvalue weighted by Gasteiger charge is 2.41. The minimum atomic E-state index is -0.823. The molecule has 0 aromatic heterocycles. The zero-order valence-electron chi connectivity index (χ0n) is 13.3. The normalized spacial score (nSPS) is 27.8. The summed E-state index contributed by atoms with van der Waals surface area (Å²) in [5, 5.41) is 9.69. The number of piperidine rings is 1. The monoisotopic (exact) mass is 303 g/mol. The van der Waals surface area contributed by atoms with Gasteiger partial charge in [-0.1, -0.05) is 12.1 Å². The second-order valence-corrected chi connectivity index (χ2v) is 6.72. The summed E-state index contributed by atoms with van der Waals surface area (Å²) < 4.78 is 0. The Labute approximate surface area is 131 Å². The maximum atomic E-state index is 11.8. The third kappa shape index (κ3) is 2.65. The zero-order valence-corrected chi connectivity index (χ0v) is 13.3. The SMILES string of the molecule is Cc1c(N)cccc1CN(C(=O)O)[C@H]1C[C@H]2CC[C@@H](C1)N2C. The number of nitrogens with two attached hydrogens (primary N) is 1. The molecule has 5 nitrogen and oxygen atoms in total. The van der Waals surface area contributed by atoms with Crippen LogP contribution in [0.2, 0.25) is 0 Å². The third-order valence-electron chi connectivity index (χ3n) is 5.59. The molecule has 0 aliphatic carbocycles. The Kier molecular flexibility index (Phi) is 4.00. The van der Waals surface area contributed by atoms with Gasteiger partial charge in [0.15, 0.2) is 0 Å². The first-order valence-corrected chi connectivity index (χ1v) is 8.03. The fourth-order valence-electron chi connectivity index (χ4n) is 4.05. The van der Waals surface area contributed by atoms with E-state index in [1.165, 1.54) is 12.8 Å². The van der Waals surface area contributed by atoms with Gasteiger partial charge in [-0.2, -0.15) is 0 Å². The van der Waals surface area contributed by atoms with Gasteiger partial charge in [0.2, 0.25) is 0 Å². The summed E-state index contributed by atoms with van der Waals surface area (Å²) in [4.78, 5) is 15.9. The van der Waals surface area contributed by atoms with E-state index in [4.69, 9.17) is 5.73 Å². The van der Waals surface area contributed by atoms with Crippen LogP contribution in [0.1, 0.15) is 36.8 Å². The first-order chi connectivity index (χ1) is 10.5. The Morgan fingerprint density at radius 2 is 2.00 bits per heavy atom. The average Bonchev–Trinajstić information content (AvgIpc) is 2.71. The molecule has 1 aromatic rings. The van der Waals surface area contributed by atoms with Crippen LogP contribution in [0.15, 0.2) is 18.2 Å². The summed E-state index contributed by atoms with van der Waals surface area (Å²) in [6, 6.07) is 6.92. The van der Waals surface area contributed by atoms with Crippen molar-refractivity contribution in [1.82, 2.24) is 9.80 Å². The highest BCUT2D eigenvalue weighted by Crippen LogP contribution is 2.37. The lowest BCUT2D eigenvalue weighted by Gasteiger charge is -2.40.